The molecule has 0 spiro atoms. The van der Waals surface area contributed by atoms with Crippen molar-refractivity contribution >= 4 is 86.2 Å². The van der Waals surface area contributed by atoms with Gasteiger partial charge in [-0.05, 0) is 172 Å². The van der Waals surface area contributed by atoms with Crippen molar-refractivity contribution < 1.29 is 0 Å². The van der Waals surface area contributed by atoms with E-state index in [0.29, 0.717) is 0 Å². The van der Waals surface area contributed by atoms with Gasteiger partial charge in [0.25, 0.3) is 0 Å². The van der Waals surface area contributed by atoms with Crippen molar-refractivity contribution in [2.75, 3.05) is 0 Å². The first-order chi connectivity index (χ1) is 31.7. The Labute approximate surface area is 370 Å². The van der Waals surface area contributed by atoms with Gasteiger partial charge in [0.1, 0.15) is 0 Å². The largest absolute Gasteiger partial charge is 0.0622 e. The normalized spacial score (nSPS) is 12.1. The lowest BCUT2D eigenvalue weighted by molar-refractivity contribution is 1.59. The van der Waals surface area contributed by atoms with Gasteiger partial charge in [-0.1, -0.05) is 200 Å². The van der Waals surface area contributed by atoms with Gasteiger partial charge >= 0.3 is 0 Å². The Morgan fingerprint density at radius 3 is 1.16 bits per heavy atom. The lowest BCUT2D eigenvalue weighted by Crippen LogP contribution is -1.92. The minimum Gasteiger partial charge on any atom is -0.0622 e. The van der Waals surface area contributed by atoms with E-state index in [4.69, 9.17) is 0 Å². The first-order valence-corrected chi connectivity index (χ1v) is 22.3. The second kappa shape index (κ2) is 13.6. The Morgan fingerprint density at radius 2 is 0.562 bits per heavy atom. The number of hydrogen-bond donors (Lipinski definition) is 0. The molecule has 0 atom stereocenters. The monoisotopic (exact) mass is 806 g/mol. The van der Waals surface area contributed by atoms with Crippen molar-refractivity contribution in [1.29, 1.82) is 0 Å². The third kappa shape index (κ3) is 5.24. The molecule has 0 fully saturated rings. The van der Waals surface area contributed by atoms with Crippen LogP contribution in [0.25, 0.3) is 142 Å². The smallest absolute Gasteiger partial charge is 0.00206 e. The molecule has 0 aliphatic heterocycles. The summed E-state index contributed by atoms with van der Waals surface area (Å²) in [7, 11) is 0. The molecular formula is C64H38. The van der Waals surface area contributed by atoms with Crippen LogP contribution in [0.1, 0.15) is 0 Å². The highest BCUT2D eigenvalue weighted by atomic mass is 14.2. The topological polar surface area (TPSA) is 0 Å². The summed E-state index contributed by atoms with van der Waals surface area (Å²) in [5.74, 6) is 0. The summed E-state index contributed by atoms with van der Waals surface area (Å²) in [6, 6.07) is 86.5. The molecule has 14 rings (SSSR count). The van der Waals surface area contributed by atoms with Crippen molar-refractivity contribution in [1.82, 2.24) is 0 Å². The molecule has 14 aromatic rings. The maximum Gasteiger partial charge on any atom is -0.00206 e. The van der Waals surface area contributed by atoms with Gasteiger partial charge in [-0.25, -0.2) is 0 Å². The Balaban J connectivity index is 1.05. The number of rotatable bonds is 5. The Morgan fingerprint density at radius 1 is 0.156 bits per heavy atom. The lowest BCUT2D eigenvalue weighted by atomic mass is 9.85. The molecule has 0 unspecified atom stereocenters. The van der Waals surface area contributed by atoms with Gasteiger partial charge in [0.15, 0.2) is 0 Å². The van der Waals surface area contributed by atoms with E-state index in [1.807, 2.05) is 0 Å². The fourth-order valence-electron chi connectivity index (χ4n) is 11.2. The van der Waals surface area contributed by atoms with Crippen LogP contribution < -0.4 is 0 Å². The Kier molecular flexibility index (Phi) is 7.49. The average molecular weight is 807 g/mol. The molecule has 0 aliphatic rings. The number of fused-ring (bicyclic) bond motifs is 2. The molecule has 0 bridgehead atoms. The average Bonchev–Trinajstić information content (AvgIpc) is 3.36. The van der Waals surface area contributed by atoms with Crippen molar-refractivity contribution in [3.63, 3.8) is 0 Å². The Hall–Kier alpha value is -8.32. The maximum absolute atomic E-state index is 2.46. The van der Waals surface area contributed by atoms with Crippen LogP contribution in [0.3, 0.4) is 0 Å². The van der Waals surface area contributed by atoms with Crippen molar-refractivity contribution in [3.8, 4) is 55.6 Å². The van der Waals surface area contributed by atoms with Crippen LogP contribution in [-0.4, -0.2) is 0 Å². The molecule has 64 heavy (non-hydrogen) atoms. The van der Waals surface area contributed by atoms with Crippen LogP contribution in [0.15, 0.2) is 231 Å². The molecule has 0 amide bonds. The third-order valence-electron chi connectivity index (χ3n) is 14.1. The summed E-state index contributed by atoms with van der Waals surface area (Å²) in [6.45, 7) is 0. The zero-order chi connectivity index (χ0) is 41.9. The van der Waals surface area contributed by atoms with E-state index in [1.165, 1.54) is 142 Å². The molecule has 0 nitrogen and oxygen atoms in total. The van der Waals surface area contributed by atoms with Crippen LogP contribution >= 0.6 is 0 Å². The van der Waals surface area contributed by atoms with E-state index >= 15 is 0 Å². The highest BCUT2D eigenvalue weighted by molar-refractivity contribution is 6.28. The van der Waals surface area contributed by atoms with Crippen LogP contribution in [0.5, 0.6) is 0 Å². The number of hydrogen-bond acceptors (Lipinski definition) is 0. The second-order valence-electron chi connectivity index (χ2n) is 17.6. The van der Waals surface area contributed by atoms with E-state index < -0.39 is 0 Å². The molecule has 0 N–H and O–H groups in total. The van der Waals surface area contributed by atoms with Crippen LogP contribution in [0.4, 0.5) is 0 Å². The SMILES string of the molecule is c1ccc(-c2ccccc2-c2ccc3c(-c4ccc5ccc6cccc7ccc4c5c67)cc(-c4cc(-c5ccc6ccc7cccc8ccc5c6c78)c5ccccc5c4)cc3c2)cc1. The molecule has 0 saturated carbocycles. The lowest BCUT2D eigenvalue weighted by Gasteiger charge is -2.19. The van der Waals surface area contributed by atoms with Crippen molar-refractivity contribution in [2.45, 2.75) is 0 Å². The second-order valence-corrected chi connectivity index (χ2v) is 17.6. The number of benzene rings is 14. The minimum absolute atomic E-state index is 1.20. The van der Waals surface area contributed by atoms with E-state index in [2.05, 4.69) is 231 Å². The van der Waals surface area contributed by atoms with Crippen molar-refractivity contribution in [3.05, 3.63) is 231 Å². The summed E-state index contributed by atoms with van der Waals surface area (Å²) in [6.07, 6.45) is 0. The minimum atomic E-state index is 1.20. The first kappa shape index (κ1) is 35.3. The van der Waals surface area contributed by atoms with E-state index in [-0.39, 0.29) is 0 Å². The summed E-state index contributed by atoms with van der Waals surface area (Å²) in [4.78, 5) is 0. The highest BCUT2D eigenvalue weighted by Crippen LogP contribution is 2.46. The predicted molar refractivity (Wildman–Crippen MR) is 276 cm³/mol. The first-order valence-electron chi connectivity index (χ1n) is 22.3. The standard InChI is InChI=1S/C64H38/c1-2-10-39(11-3-1)51-17-6-7-18-52(51)47-28-29-54-50(35-47)36-49(38-60(54)56-31-25-45-23-21-41-14-9-16-43-27-33-58(56)64(45)62(41)43)48-34-46-12-4-5-19-53(46)59(37-48)55-30-24-44-22-20-40-13-8-15-42-26-32-57(55)63(44)61(40)42/h1-38H. The molecule has 0 heteroatoms. The van der Waals surface area contributed by atoms with Crippen LogP contribution in [-0.2, 0) is 0 Å². The predicted octanol–water partition coefficient (Wildman–Crippen LogP) is 18.1. The molecule has 0 heterocycles. The summed E-state index contributed by atoms with van der Waals surface area (Å²) in [5, 5.41) is 20.6. The maximum atomic E-state index is 2.46. The van der Waals surface area contributed by atoms with E-state index in [9.17, 15) is 0 Å². The van der Waals surface area contributed by atoms with Crippen molar-refractivity contribution in [2.24, 2.45) is 0 Å². The zero-order valence-electron chi connectivity index (χ0n) is 34.9. The Bertz CT molecular complexity index is 4140. The molecule has 0 radical (unpaired) electrons. The fourth-order valence-corrected chi connectivity index (χ4v) is 11.2. The van der Waals surface area contributed by atoms with Gasteiger partial charge in [-0.3, -0.25) is 0 Å². The fraction of sp³-hybridized carbons (Fsp3) is 0. The van der Waals surface area contributed by atoms with Crippen LogP contribution in [0, 0.1) is 0 Å². The summed E-state index contributed by atoms with van der Waals surface area (Å²) < 4.78 is 0. The molecule has 0 aromatic heterocycles. The molecule has 0 aliphatic carbocycles. The highest BCUT2D eigenvalue weighted by Gasteiger charge is 2.19. The summed E-state index contributed by atoms with van der Waals surface area (Å²) >= 11 is 0. The molecule has 0 saturated heterocycles. The van der Waals surface area contributed by atoms with Gasteiger partial charge in [-0.2, -0.15) is 0 Å². The van der Waals surface area contributed by atoms with Gasteiger partial charge in [-0.15, -0.1) is 0 Å². The van der Waals surface area contributed by atoms with Gasteiger partial charge in [0.05, 0.1) is 0 Å². The van der Waals surface area contributed by atoms with Gasteiger partial charge in [0.2, 0.25) is 0 Å². The summed E-state index contributed by atoms with van der Waals surface area (Å²) in [5.41, 5.74) is 12.3. The third-order valence-corrected chi connectivity index (χ3v) is 14.1. The van der Waals surface area contributed by atoms with E-state index in [0.717, 1.165) is 0 Å². The molecular weight excluding hydrogens is 769 g/mol. The van der Waals surface area contributed by atoms with Gasteiger partial charge < -0.3 is 0 Å². The molecule has 294 valence electrons. The van der Waals surface area contributed by atoms with Crippen LogP contribution in [0.2, 0.25) is 0 Å². The van der Waals surface area contributed by atoms with E-state index in [1.54, 1.807) is 0 Å². The molecule has 14 aromatic carbocycles. The van der Waals surface area contributed by atoms with Gasteiger partial charge in [0, 0.05) is 0 Å². The zero-order valence-corrected chi connectivity index (χ0v) is 34.9. The quantitative estimate of drug-likeness (QED) is 0.152.